The second-order valence-electron chi connectivity index (χ2n) is 6.46. The van der Waals surface area contributed by atoms with Gasteiger partial charge in [-0.3, -0.25) is 0 Å². The number of nitrogens with zero attached hydrogens (tertiary/aromatic N) is 1. The SMILES string of the molecule is CCCCc1ccc(C2CCc3c(ccc(C#N)c3F)C2)cc1. The van der Waals surface area contributed by atoms with E-state index in [1.165, 1.54) is 24.0 Å². The summed E-state index contributed by atoms with van der Waals surface area (Å²) < 4.78 is 14.2. The maximum absolute atomic E-state index is 14.2. The first-order valence-corrected chi connectivity index (χ1v) is 8.52. The summed E-state index contributed by atoms with van der Waals surface area (Å²) in [5.41, 5.74) is 4.73. The molecule has 1 aliphatic rings. The molecule has 0 aliphatic heterocycles. The number of rotatable bonds is 4. The van der Waals surface area contributed by atoms with E-state index in [-0.39, 0.29) is 11.4 Å². The lowest BCUT2D eigenvalue weighted by Crippen LogP contribution is -2.15. The van der Waals surface area contributed by atoms with Crippen molar-refractivity contribution in [3.63, 3.8) is 0 Å². The fourth-order valence-electron chi connectivity index (χ4n) is 3.52. The van der Waals surface area contributed by atoms with Gasteiger partial charge in [0.05, 0.1) is 5.56 Å². The number of hydrogen-bond donors (Lipinski definition) is 0. The van der Waals surface area contributed by atoms with Crippen LogP contribution in [0.3, 0.4) is 0 Å². The van der Waals surface area contributed by atoms with Gasteiger partial charge < -0.3 is 0 Å². The van der Waals surface area contributed by atoms with Gasteiger partial charge in [0.25, 0.3) is 0 Å². The lowest BCUT2D eigenvalue weighted by atomic mass is 9.79. The highest BCUT2D eigenvalue weighted by Crippen LogP contribution is 2.34. The van der Waals surface area contributed by atoms with E-state index in [1.54, 1.807) is 6.07 Å². The molecule has 0 aromatic heterocycles. The van der Waals surface area contributed by atoms with Crippen LogP contribution in [0.5, 0.6) is 0 Å². The number of hydrogen-bond acceptors (Lipinski definition) is 1. The molecule has 23 heavy (non-hydrogen) atoms. The van der Waals surface area contributed by atoms with Gasteiger partial charge in [0.1, 0.15) is 11.9 Å². The highest BCUT2D eigenvalue weighted by atomic mass is 19.1. The minimum atomic E-state index is -0.307. The van der Waals surface area contributed by atoms with Crippen molar-refractivity contribution in [2.24, 2.45) is 0 Å². The summed E-state index contributed by atoms with van der Waals surface area (Å²) in [5, 5.41) is 8.95. The van der Waals surface area contributed by atoms with Crippen LogP contribution in [0.1, 0.15) is 59.9 Å². The molecular weight excluding hydrogens is 285 g/mol. The number of unbranched alkanes of at least 4 members (excludes halogenated alkanes) is 1. The van der Waals surface area contributed by atoms with Gasteiger partial charge in [-0.15, -0.1) is 0 Å². The zero-order valence-electron chi connectivity index (χ0n) is 13.6. The first kappa shape index (κ1) is 15.7. The van der Waals surface area contributed by atoms with Crippen molar-refractivity contribution >= 4 is 0 Å². The Morgan fingerprint density at radius 1 is 1.17 bits per heavy atom. The summed E-state index contributed by atoms with van der Waals surface area (Å²) in [5.74, 6) is 0.147. The molecule has 118 valence electrons. The van der Waals surface area contributed by atoms with Gasteiger partial charge in [-0.25, -0.2) is 4.39 Å². The van der Waals surface area contributed by atoms with E-state index in [0.717, 1.165) is 36.8 Å². The predicted octanol–water partition coefficient (Wildman–Crippen LogP) is 5.31. The molecule has 0 heterocycles. The average Bonchev–Trinajstić information content (AvgIpc) is 2.60. The maximum atomic E-state index is 14.2. The summed E-state index contributed by atoms with van der Waals surface area (Å²) in [4.78, 5) is 0. The van der Waals surface area contributed by atoms with E-state index in [0.29, 0.717) is 5.92 Å². The third-order valence-electron chi connectivity index (χ3n) is 4.94. The van der Waals surface area contributed by atoms with E-state index in [9.17, 15) is 4.39 Å². The van der Waals surface area contributed by atoms with Crippen LogP contribution in [0.2, 0.25) is 0 Å². The second-order valence-corrected chi connectivity index (χ2v) is 6.46. The summed E-state index contributed by atoms with van der Waals surface area (Å²) >= 11 is 0. The van der Waals surface area contributed by atoms with Crippen LogP contribution in [-0.2, 0) is 19.3 Å². The Bertz CT molecular complexity index is 725. The normalized spacial score (nSPS) is 16.7. The molecule has 2 heteroatoms. The van der Waals surface area contributed by atoms with E-state index < -0.39 is 0 Å². The van der Waals surface area contributed by atoms with Gasteiger partial charge in [-0.1, -0.05) is 43.7 Å². The molecule has 1 unspecified atom stereocenters. The summed E-state index contributed by atoms with van der Waals surface area (Å²) in [6, 6.07) is 14.4. The van der Waals surface area contributed by atoms with E-state index >= 15 is 0 Å². The molecule has 0 spiro atoms. The van der Waals surface area contributed by atoms with Crippen molar-refractivity contribution in [2.75, 3.05) is 0 Å². The standard InChI is InChI=1S/C21H22FN/c1-2-3-4-15-5-7-16(8-6-15)17-11-12-20-18(13-17)9-10-19(14-23)21(20)22/h5-10,17H,2-4,11-13H2,1H3. The van der Waals surface area contributed by atoms with Crippen LogP contribution in [0.4, 0.5) is 4.39 Å². The van der Waals surface area contributed by atoms with Gasteiger partial charge >= 0.3 is 0 Å². The lowest BCUT2D eigenvalue weighted by molar-refractivity contribution is 0.539. The number of nitriles is 1. The van der Waals surface area contributed by atoms with Crippen molar-refractivity contribution < 1.29 is 4.39 Å². The summed E-state index contributed by atoms with van der Waals surface area (Å²) in [6.45, 7) is 2.21. The lowest BCUT2D eigenvalue weighted by Gasteiger charge is -2.25. The van der Waals surface area contributed by atoms with Crippen LogP contribution >= 0.6 is 0 Å². The highest BCUT2D eigenvalue weighted by molar-refractivity contribution is 5.43. The van der Waals surface area contributed by atoms with Crippen molar-refractivity contribution in [1.82, 2.24) is 0 Å². The zero-order chi connectivity index (χ0) is 16.2. The van der Waals surface area contributed by atoms with Crippen molar-refractivity contribution in [2.45, 2.75) is 51.4 Å². The molecule has 0 fully saturated rings. The molecule has 0 N–H and O–H groups in total. The third-order valence-corrected chi connectivity index (χ3v) is 4.94. The fraction of sp³-hybridized carbons (Fsp3) is 0.381. The molecule has 0 saturated carbocycles. The molecule has 0 saturated heterocycles. The molecule has 1 nitrogen and oxygen atoms in total. The molecular formula is C21H22FN. The Morgan fingerprint density at radius 3 is 2.65 bits per heavy atom. The van der Waals surface area contributed by atoms with Gasteiger partial charge in [0.15, 0.2) is 0 Å². The molecule has 0 bridgehead atoms. The second kappa shape index (κ2) is 6.96. The van der Waals surface area contributed by atoms with Crippen molar-refractivity contribution in [1.29, 1.82) is 5.26 Å². The van der Waals surface area contributed by atoms with Crippen LogP contribution < -0.4 is 0 Å². The van der Waals surface area contributed by atoms with Crippen LogP contribution in [-0.4, -0.2) is 0 Å². The number of fused-ring (bicyclic) bond motifs is 1. The summed E-state index contributed by atoms with van der Waals surface area (Å²) in [7, 11) is 0. The minimum Gasteiger partial charge on any atom is -0.205 e. The molecule has 0 radical (unpaired) electrons. The van der Waals surface area contributed by atoms with Crippen LogP contribution in [0.15, 0.2) is 36.4 Å². The highest BCUT2D eigenvalue weighted by Gasteiger charge is 2.23. The van der Waals surface area contributed by atoms with Gasteiger partial charge in [0, 0.05) is 0 Å². The number of halogens is 1. The smallest absolute Gasteiger partial charge is 0.144 e. The monoisotopic (exact) mass is 307 g/mol. The van der Waals surface area contributed by atoms with Gasteiger partial charge in [0.2, 0.25) is 0 Å². The first-order valence-electron chi connectivity index (χ1n) is 8.52. The molecule has 2 aromatic rings. The van der Waals surface area contributed by atoms with Crippen molar-refractivity contribution in [3.05, 3.63) is 70.0 Å². The van der Waals surface area contributed by atoms with Crippen molar-refractivity contribution in [3.8, 4) is 6.07 Å². The number of benzene rings is 2. The Morgan fingerprint density at radius 2 is 1.96 bits per heavy atom. The zero-order valence-corrected chi connectivity index (χ0v) is 13.6. The first-order chi connectivity index (χ1) is 11.2. The predicted molar refractivity (Wildman–Crippen MR) is 90.9 cm³/mol. The van der Waals surface area contributed by atoms with E-state index in [4.69, 9.17) is 5.26 Å². The topological polar surface area (TPSA) is 23.8 Å². The maximum Gasteiger partial charge on any atom is 0.144 e. The Hall–Kier alpha value is -2.14. The Kier molecular flexibility index (Phi) is 4.76. The Labute approximate surface area is 137 Å². The molecule has 1 atom stereocenters. The molecule has 3 rings (SSSR count). The quantitative estimate of drug-likeness (QED) is 0.750. The van der Waals surface area contributed by atoms with Gasteiger partial charge in [-0.05, 0) is 66.3 Å². The third kappa shape index (κ3) is 3.29. The van der Waals surface area contributed by atoms with Gasteiger partial charge in [-0.2, -0.15) is 5.26 Å². The molecule has 0 amide bonds. The largest absolute Gasteiger partial charge is 0.205 e. The minimum absolute atomic E-state index is 0.169. The molecule has 2 aromatic carbocycles. The molecule has 1 aliphatic carbocycles. The number of aryl methyl sites for hydroxylation is 1. The van der Waals surface area contributed by atoms with E-state index in [1.807, 2.05) is 12.1 Å². The summed E-state index contributed by atoms with van der Waals surface area (Å²) in [6.07, 6.45) is 6.14. The van der Waals surface area contributed by atoms with Crippen LogP contribution in [0, 0.1) is 17.1 Å². The Balaban J connectivity index is 1.77. The average molecular weight is 307 g/mol. The van der Waals surface area contributed by atoms with Crippen LogP contribution in [0.25, 0.3) is 0 Å². The fourth-order valence-corrected chi connectivity index (χ4v) is 3.52. The van der Waals surface area contributed by atoms with E-state index in [2.05, 4.69) is 31.2 Å².